The number of hydrogen-bond donors (Lipinski definition) is 0. The van der Waals surface area contributed by atoms with E-state index in [2.05, 4.69) is 43.3 Å². The minimum Gasteiger partial charge on any atom is -0.365 e. The van der Waals surface area contributed by atoms with Crippen LogP contribution in [0.2, 0.25) is 0 Å². The molecule has 0 aromatic heterocycles. The van der Waals surface area contributed by atoms with Crippen molar-refractivity contribution in [1.29, 1.82) is 0 Å². The van der Waals surface area contributed by atoms with E-state index in [9.17, 15) is 0 Å². The normalized spacial score (nSPS) is 25.5. The predicted molar refractivity (Wildman–Crippen MR) is 59.0 cm³/mol. The van der Waals surface area contributed by atoms with Crippen molar-refractivity contribution in [2.24, 2.45) is 0 Å². The van der Waals surface area contributed by atoms with Crippen LogP contribution in [0.15, 0.2) is 36.4 Å². The Labute approximate surface area is 85.4 Å². The molecule has 1 aliphatic heterocycles. The zero-order valence-electron chi connectivity index (χ0n) is 8.52. The van der Waals surface area contributed by atoms with E-state index in [0.29, 0.717) is 12.2 Å². The number of rotatable bonds is 4. The average Bonchev–Trinajstić information content (AvgIpc) is 2.96. The van der Waals surface area contributed by atoms with Crippen LogP contribution in [0.4, 0.5) is 0 Å². The standard InChI is InChI=1S/C13H16O/c1-2-6-12-13(14-12)10-9-11-7-4-3-5-8-11/h3-5,7-10,12-13H,2,6H2,1H3/b10-9+. The minimum atomic E-state index is 0.371. The zero-order chi connectivity index (χ0) is 9.80. The number of epoxide rings is 1. The highest BCUT2D eigenvalue weighted by atomic mass is 16.6. The van der Waals surface area contributed by atoms with Gasteiger partial charge in [0.15, 0.2) is 0 Å². The first-order valence-electron chi connectivity index (χ1n) is 5.29. The molecule has 1 aliphatic rings. The second-order valence-corrected chi connectivity index (χ2v) is 3.70. The van der Waals surface area contributed by atoms with Crippen LogP contribution in [0.1, 0.15) is 25.3 Å². The average molecular weight is 188 g/mol. The van der Waals surface area contributed by atoms with E-state index in [1.807, 2.05) is 6.07 Å². The fourth-order valence-electron chi connectivity index (χ4n) is 1.61. The summed E-state index contributed by atoms with van der Waals surface area (Å²) in [5.74, 6) is 0. The van der Waals surface area contributed by atoms with E-state index in [1.165, 1.54) is 18.4 Å². The van der Waals surface area contributed by atoms with Gasteiger partial charge in [0.2, 0.25) is 0 Å². The van der Waals surface area contributed by atoms with Crippen LogP contribution in [-0.2, 0) is 4.74 Å². The van der Waals surface area contributed by atoms with E-state index in [0.717, 1.165) is 0 Å². The van der Waals surface area contributed by atoms with Crippen LogP contribution < -0.4 is 0 Å². The van der Waals surface area contributed by atoms with Gasteiger partial charge in [0.1, 0.15) is 6.10 Å². The first-order valence-corrected chi connectivity index (χ1v) is 5.29. The van der Waals surface area contributed by atoms with Gasteiger partial charge >= 0.3 is 0 Å². The predicted octanol–water partition coefficient (Wildman–Crippen LogP) is 3.27. The molecule has 74 valence electrons. The van der Waals surface area contributed by atoms with Crippen LogP contribution >= 0.6 is 0 Å². The van der Waals surface area contributed by atoms with E-state index in [1.54, 1.807) is 0 Å². The first kappa shape index (κ1) is 9.47. The van der Waals surface area contributed by atoms with Crippen molar-refractivity contribution in [2.45, 2.75) is 32.0 Å². The van der Waals surface area contributed by atoms with E-state index in [-0.39, 0.29) is 0 Å². The molecule has 1 heterocycles. The number of hydrogen-bond acceptors (Lipinski definition) is 1. The van der Waals surface area contributed by atoms with Crippen molar-refractivity contribution in [3.05, 3.63) is 42.0 Å². The lowest BCUT2D eigenvalue weighted by Gasteiger charge is -1.89. The Morgan fingerprint density at radius 3 is 2.79 bits per heavy atom. The first-order chi connectivity index (χ1) is 6.90. The fraction of sp³-hybridized carbons (Fsp3) is 0.385. The molecule has 1 saturated heterocycles. The van der Waals surface area contributed by atoms with Gasteiger partial charge < -0.3 is 4.74 Å². The lowest BCUT2D eigenvalue weighted by molar-refractivity contribution is 0.378. The van der Waals surface area contributed by atoms with Gasteiger partial charge in [-0.2, -0.15) is 0 Å². The zero-order valence-corrected chi connectivity index (χ0v) is 8.52. The SMILES string of the molecule is CCCC1OC1/C=C/c1ccccc1. The Bertz CT molecular complexity index is 302. The van der Waals surface area contributed by atoms with Gasteiger partial charge in [-0.05, 0) is 12.0 Å². The highest BCUT2D eigenvalue weighted by Gasteiger charge is 2.34. The minimum absolute atomic E-state index is 0.371. The highest BCUT2D eigenvalue weighted by Crippen LogP contribution is 2.28. The maximum Gasteiger partial charge on any atom is 0.103 e. The molecule has 0 N–H and O–H groups in total. The summed E-state index contributed by atoms with van der Waals surface area (Å²) in [7, 11) is 0. The molecule has 1 heteroatoms. The van der Waals surface area contributed by atoms with Crippen molar-refractivity contribution >= 4 is 6.08 Å². The number of benzene rings is 1. The van der Waals surface area contributed by atoms with Crippen molar-refractivity contribution in [3.8, 4) is 0 Å². The molecule has 1 aromatic carbocycles. The highest BCUT2D eigenvalue weighted by molar-refractivity contribution is 5.49. The Morgan fingerprint density at radius 1 is 1.29 bits per heavy atom. The molecular formula is C13H16O. The van der Waals surface area contributed by atoms with Crippen LogP contribution in [-0.4, -0.2) is 12.2 Å². The summed E-state index contributed by atoms with van der Waals surface area (Å²) < 4.78 is 5.49. The molecule has 2 unspecified atom stereocenters. The molecule has 2 atom stereocenters. The summed E-state index contributed by atoms with van der Waals surface area (Å²) in [5, 5.41) is 0. The molecule has 0 saturated carbocycles. The summed E-state index contributed by atoms with van der Waals surface area (Å²) in [6, 6.07) is 10.3. The summed E-state index contributed by atoms with van der Waals surface area (Å²) in [4.78, 5) is 0. The van der Waals surface area contributed by atoms with E-state index in [4.69, 9.17) is 4.74 Å². The molecule has 1 aromatic rings. The molecule has 2 rings (SSSR count). The molecule has 0 spiro atoms. The summed E-state index contributed by atoms with van der Waals surface area (Å²) in [6.07, 6.45) is 7.55. The quantitative estimate of drug-likeness (QED) is 0.661. The van der Waals surface area contributed by atoms with Crippen LogP contribution in [0.25, 0.3) is 6.08 Å². The Balaban J connectivity index is 1.85. The van der Waals surface area contributed by atoms with Gasteiger partial charge in [0, 0.05) is 0 Å². The van der Waals surface area contributed by atoms with Gasteiger partial charge in [-0.1, -0.05) is 55.8 Å². The molecule has 0 amide bonds. The van der Waals surface area contributed by atoms with Gasteiger partial charge in [0.25, 0.3) is 0 Å². The van der Waals surface area contributed by atoms with Gasteiger partial charge in [0.05, 0.1) is 6.10 Å². The fourth-order valence-corrected chi connectivity index (χ4v) is 1.61. The molecule has 14 heavy (non-hydrogen) atoms. The molecule has 1 nitrogen and oxygen atoms in total. The molecule has 0 bridgehead atoms. The Morgan fingerprint density at radius 2 is 2.07 bits per heavy atom. The lowest BCUT2D eigenvalue weighted by atomic mass is 10.1. The maximum absolute atomic E-state index is 5.49. The van der Waals surface area contributed by atoms with Gasteiger partial charge in [-0.3, -0.25) is 0 Å². The smallest absolute Gasteiger partial charge is 0.103 e. The monoisotopic (exact) mass is 188 g/mol. The van der Waals surface area contributed by atoms with Crippen molar-refractivity contribution in [2.75, 3.05) is 0 Å². The summed E-state index contributed by atoms with van der Waals surface area (Å²) in [6.45, 7) is 2.19. The topological polar surface area (TPSA) is 12.5 Å². The second kappa shape index (κ2) is 4.43. The van der Waals surface area contributed by atoms with Crippen molar-refractivity contribution < 1.29 is 4.74 Å². The lowest BCUT2D eigenvalue weighted by Crippen LogP contribution is -1.88. The molecule has 0 aliphatic carbocycles. The molecule has 0 radical (unpaired) electrons. The largest absolute Gasteiger partial charge is 0.365 e. The van der Waals surface area contributed by atoms with E-state index >= 15 is 0 Å². The van der Waals surface area contributed by atoms with Crippen molar-refractivity contribution in [3.63, 3.8) is 0 Å². The third-order valence-corrected chi connectivity index (χ3v) is 2.47. The van der Waals surface area contributed by atoms with Crippen LogP contribution in [0.5, 0.6) is 0 Å². The Kier molecular flexibility index (Phi) is 3.00. The Hall–Kier alpha value is -1.08. The van der Waals surface area contributed by atoms with Crippen molar-refractivity contribution in [1.82, 2.24) is 0 Å². The third-order valence-electron chi connectivity index (χ3n) is 2.47. The summed E-state index contributed by atoms with van der Waals surface area (Å²) in [5.41, 5.74) is 1.25. The number of ether oxygens (including phenoxy) is 1. The second-order valence-electron chi connectivity index (χ2n) is 3.70. The van der Waals surface area contributed by atoms with Crippen LogP contribution in [0.3, 0.4) is 0 Å². The maximum atomic E-state index is 5.49. The van der Waals surface area contributed by atoms with Crippen LogP contribution in [0, 0.1) is 0 Å². The van der Waals surface area contributed by atoms with E-state index < -0.39 is 0 Å². The molecular weight excluding hydrogens is 172 g/mol. The molecule has 1 fully saturated rings. The van der Waals surface area contributed by atoms with Gasteiger partial charge in [-0.15, -0.1) is 0 Å². The van der Waals surface area contributed by atoms with Gasteiger partial charge in [-0.25, -0.2) is 0 Å². The third kappa shape index (κ3) is 2.46. The summed E-state index contributed by atoms with van der Waals surface area (Å²) >= 11 is 0.